The molecule has 122 valence electrons. The molecule has 1 aromatic heterocycles. The smallest absolute Gasteiger partial charge is 0.256 e. The molecule has 3 aromatic rings. The van der Waals surface area contributed by atoms with Crippen molar-refractivity contribution in [3.05, 3.63) is 75.5 Å². The second-order valence-corrected chi connectivity index (χ2v) is 5.69. The number of aromatic amines is 1. The molecule has 0 aliphatic carbocycles. The summed E-state index contributed by atoms with van der Waals surface area (Å²) < 4.78 is 15.9. The molecule has 0 saturated carbocycles. The predicted molar refractivity (Wildman–Crippen MR) is 91.3 cm³/mol. The molecule has 2 N–H and O–H groups in total. The Kier molecular flexibility index (Phi) is 4.73. The molecule has 0 saturated heterocycles. The predicted octanol–water partition coefficient (Wildman–Crippen LogP) is 3.65. The fourth-order valence-electron chi connectivity index (χ4n) is 2.25. The van der Waals surface area contributed by atoms with Gasteiger partial charge in [0.1, 0.15) is 5.82 Å². The van der Waals surface area contributed by atoms with Crippen LogP contribution in [0.25, 0.3) is 5.69 Å². The van der Waals surface area contributed by atoms with Crippen LogP contribution in [0.4, 0.5) is 4.39 Å². The van der Waals surface area contributed by atoms with E-state index in [0.29, 0.717) is 10.6 Å². The van der Waals surface area contributed by atoms with Crippen LogP contribution in [0.3, 0.4) is 0 Å². The van der Waals surface area contributed by atoms with Crippen LogP contribution in [0, 0.1) is 10.6 Å². The summed E-state index contributed by atoms with van der Waals surface area (Å²) in [5.74, 6) is -0.805. The number of benzene rings is 2. The van der Waals surface area contributed by atoms with Gasteiger partial charge in [-0.3, -0.25) is 14.5 Å². The van der Waals surface area contributed by atoms with E-state index in [4.69, 9.17) is 23.8 Å². The second kappa shape index (κ2) is 6.94. The number of halogens is 2. The van der Waals surface area contributed by atoms with E-state index in [1.165, 1.54) is 18.2 Å². The molecule has 0 bridgehead atoms. The largest absolute Gasteiger partial charge is 0.345 e. The van der Waals surface area contributed by atoms with Crippen molar-refractivity contribution in [3.63, 3.8) is 0 Å². The van der Waals surface area contributed by atoms with Gasteiger partial charge >= 0.3 is 0 Å². The molecule has 0 radical (unpaired) electrons. The first-order valence-electron chi connectivity index (χ1n) is 7.02. The summed E-state index contributed by atoms with van der Waals surface area (Å²) in [6.07, 6.45) is 0. The van der Waals surface area contributed by atoms with Crippen molar-refractivity contribution < 1.29 is 9.18 Å². The number of nitrogens with one attached hydrogen (secondary N) is 2. The molecule has 3 rings (SSSR count). The first kappa shape index (κ1) is 16.4. The number of aromatic nitrogens is 3. The Hall–Kier alpha value is -2.51. The van der Waals surface area contributed by atoms with Crippen LogP contribution in [0.2, 0.25) is 5.02 Å². The van der Waals surface area contributed by atoms with Crippen LogP contribution in [0.15, 0.2) is 48.5 Å². The van der Waals surface area contributed by atoms with Crippen molar-refractivity contribution in [1.82, 2.24) is 20.1 Å². The van der Waals surface area contributed by atoms with E-state index in [0.717, 1.165) is 5.69 Å². The molecule has 5 nitrogen and oxygen atoms in total. The van der Waals surface area contributed by atoms with Crippen molar-refractivity contribution in [2.75, 3.05) is 0 Å². The minimum atomic E-state index is -0.679. The third-order valence-electron chi connectivity index (χ3n) is 3.35. The van der Waals surface area contributed by atoms with Crippen LogP contribution in [0.5, 0.6) is 0 Å². The number of hydrogen-bond acceptors (Lipinski definition) is 3. The first-order chi connectivity index (χ1) is 11.6. The van der Waals surface area contributed by atoms with E-state index < -0.39 is 11.7 Å². The van der Waals surface area contributed by atoms with E-state index in [1.807, 2.05) is 30.3 Å². The highest BCUT2D eigenvalue weighted by molar-refractivity contribution is 7.71. The molecule has 8 heteroatoms. The molecule has 0 aliphatic heterocycles. The Bertz CT molecular complexity index is 919. The highest BCUT2D eigenvalue weighted by atomic mass is 35.5. The molecule has 0 unspecified atom stereocenters. The lowest BCUT2D eigenvalue weighted by atomic mass is 10.2. The molecule has 1 heterocycles. The monoisotopic (exact) mass is 362 g/mol. The summed E-state index contributed by atoms with van der Waals surface area (Å²) in [7, 11) is 0. The Balaban J connectivity index is 1.84. The molecule has 0 atom stereocenters. The zero-order valence-corrected chi connectivity index (χ0v) is 13.9. The number of nitrogens with zero attached hydrogens (tertiary/aromatic N) is 2. The van der Waals surface area contributed by atoms with Crippen LogP contribution < -0.4 is 5.32 Å². The van der Waals surface area contributed by atoms with Crippen molar-refractivity contribution in [2.24, 2.45) is 0 Å². The molecule has 0 aliphatic rings. The molecule has 2 aromatic carbocycles. The lowest BCUT2D eigenvalue weighted by molar-refractivity contribution is 0.0946. The van der Waals surface area contributed by atoms with E-state index in [-0.39, 0.29) is 17.1 Å². The lowest BCUT2D eigenvalue weighted by Crippen LogP contribution is -2.25. The van der Waals surface area contributed by atoms with Crippen LogP contribution in [-0.4, -0.2) is 20.7 Å². The number of carbonyl (C=O) groups excluding carboxylic acids is 1. The van der Waals surface area contributed by atoms with Crippen molar-refractivity contribution in [3.8, 4) is 5.69 Å². The number of para-hydroxylation sites is 1. The topological polar surface area (TPSA) is 62.7 Å². The third kappa shape index (κ3) is 3.22. The summed E-state index contributed by atoms with van der Waals surface area (Å²) in [5.41, 5.74) is 0.615. The summed E-state index contributed by atoms with van der Waals surface area (Å²) in [4.78, 5) is 12.2. The first-order valence-corrected chi connectivity index (χ1v) is 7.80. The number of hydrogen-bond donors (Lipinski definition) is 2. The van der Waals surface area contributed by atoms with E-state index >= 15 is 0 Å². The number of carbonyl (C=O) groups is 1. The maximum Gasteiger partial charge on any atom is 0.256 e. The Labute approximate surface area is 147 Å². The second-order valence-electron chi connectivity index (χ2n) is 4.90. The Morgan fingerprint density at radius 1 is 1.25 bits per heavy atom. The minimum Gasteiger partial charge on any atom is -0.345 e. The van der Waals surface area contributed by atoms with Gasteiger partial charge in [0.05, 0.1) is 17.1 Å². The molecule has 0 fully saturated rings. The number of amides is 1. The minimum absolute atomic E-state index is 0.0504. The van der Waals surface area contributed by atoms with Crippen LogP contribution in [0.1, 0.15) is 16.2 Å². The molecule has 0 spiro atoms. The van der Waals surface area contributed by atoms with Gasteiger partial charge in [-0.05, 0) is 36.5 Å². The van der Waals surface area contributed by atoms with E-state index in [1.54, 1.807) is 4.57 Å². The highest BCUT2D eigenvalue weighted by Crippen LogP contribution is 2.19. The fourth-order valence-corrected chi connectivity index (χ4v) is 2.76. The van der Waals surface area contributed by atoms with Gasteiger partial charge in [0, 0.05) is 5.69 Å². The number of rotatable bonds is 4. The maximum atomic E-state index is 13.8. The van der Waals surface area contributed by atoms with E-state index in [9.17, 15) is 9.18 Å². The standard InChI is InChI=1S/C16H12ClFN4OS/c17-11-7-4-8-12(18)14(11)15(23)19-9-13-20-21-16(24)22(13)10-5-2-1-3-6-10/h1-8H,9H2,(H,19,23)(H,21,24). The van der Waals surface area contributed by atoms with Crippen molar-refractivity contribution >= 4 is 29.7 Å². The average Bonchev–Trinajstić information content (AvgIpc) is 2.94. The lowest BCUT2D eigenvalue weighted by Gasteiger charge is -2.09. The average molecular weight is 363 g/mol. The quantitative estimate of drug-likeness (QED) is 0.696. The Morgan fingerprint density at radius 2 is 2.00 bits per heavy atom. The van der Waals surface area contributed by atoms with Crippen LogP contribution >= 0.6 is 23.8 Å². The van der Waals surface area contributed by atoms with Gasteiger partial charge in [0.25, 0.3) is 5.91 Å². The molecule has 24 heavy (non-hydrogen) atoms. The fraction of sp³-hybridized carbons (Fsp3) is 0.0625. The summed E-state index contributed by atoms with van der Waals surface area (Å²) in [6.45, 7) is 0.0610. The van der Waals surface area contributed by atoms with Gasteiger partial charge in [0.2, 0.25) is 0 Å². The van der Waals surface area contributed by atoms with Crippen molar-refractivity contribution in [2.45, 2.75) is 6.54 Å². The zero-order valence-electron chi connectivity index (χ0n) is 12.3. The number of H-pyrrole nitrogens is 1. The van der Waals surface area contributed by atoms with Crippen molar-refractivity contribution in [1.29, 1.82) is 0 Å². The van der Waals surface area contributed by atoms with Gasteiger partial charge in [-0.2, -0.15) is 5.10 Å². The summed E-state index contributed by atoms with van der Waals surface area (Å²) >= 11 is 11.1. The zero-order chi connectivity index (χ0) is 17.1. The maximum absolute atomic E-state index is 13.8. The third-order valence-corrected chi connectivity index (χ3v) is 3.94. The highest BCUT2D eigenvalue weighted by Gasteiger charge is 2.17. The molecule has 1 amide bonds. The van der Waals surface area contributed by atoms with Gasteiger partial charge in [-0.25, -0.2) is 4.39 Å². The van der Waals surface area contributed by atoms with Gasteiger partial charge < -0.3 is 5.32 Å². The normalized spacial score (nSPS) is 10.6. The molecular formula is C16H12ClFN4OS. The Morgan fingerprint density at radius 3 is 2.71 bits per heavy atom. The van der Waals surface area contributed by atoms with Gasteiger partial charge in [0.15, 0.2) is 10.6 Å². The SMILES string of the molecule is O=C(NCc1n[nH]c(=S)n1-c1ccccc1)c1c(F)cccc1Cl. The van der Waals surface area contributed by atoms with Gasteiger partial charge in [-0.1, -0.05) is 35.9 Å². The molecular weight excluding hydrogens is 351 g/mol. The summed E-state index contributed by atoms with van der Waals surface area (Å²) in [5, 5.41) is 9.45. The summed E-state index contributed by atoms with van der Waals surface area (Å²) in [6, 6.07) is 13.4. The van der Waals surface area contributed by atoms with Gasteiger partial charge in [-0.15, -0.1) is 0 Å². The van der Waals surface area contributed by atoms with E-state index in [2.05, 4.69) is 15.5 Å². The van der Waals surface area contributed by atoms with Crippen LogP contribution in [-0.2, 0) is 6.54 Å².